The van der Waals surface area contributed by atoms with Crippen molar-refractivity contribution in [3.63, 3.8) is 0 Å². The van der Waals surface area contributed by atoms with Crippen molar-refractivity contribution in [2.24, 2.45) is 0 Å². The van der Waals surface area contributed by atoms with Gasteiger partial charge in [-0.1, -0.05) is 12.1 Å². The number of anilines is 1. The molecule has 0 saturated carbocycles. The number of aromatic nitrogens is 2. The summed E-state index contributed by atoms with van der Waals surface area (Å²) in [6, 6.07) is 6.90. The van der Waals surface area contributed by atoms with Gasteiger partial charge in [-0.15, -0.1) is 0 Å². The summed E-state index contributed by atoms with van der Waals surface area (Å²) < 4.78 is 25.6. The Morgan fingerprint density at radius 2 is 2.05 bits per heavy atom. The van der Waals surface area contributed by atoms with Crippen molar-refractivity contribution in [3.05, 3.63) is 42.5 Å². The van der Waals surface area contributed by atoms with E-state index in [-0.39, 0.29) is 4.90 Å². The van der Waals surface area contributed by atoms with Crippen LogP contribution < -0.4 is 5.32 Å². The number of nitrogens with zero attached hydrogens (tertiary/aromatic N) is 2. The van der Waals surface area contributed by atoms with Gasteiger partial charge in [0, 0.05) is 39.0 Å². The number of H-pyrrole nitrogens is 1. The Morgan fingerprint density at radius 3 is 2.70 bits per heavy atom. The molecule has 1 aromatic heterocycles. The fourth-order valence-corrected chi connectivity index (χ4v) is 2.85. The SMILES string of the molecule is CN(C)S(=O)(=O)c1ccccc1NCCc1cnc[nH]1. The van der Waals surface area contributed by atoms with Gasteiger partial charge < -0.3 is 10.3 Å². The lowest BCUT2D eigenvalue weighted by Gasteiger charge is -2.16. The molecule has 108 valence electrons. The second-order valence-electron chi connectivity index (χ2n) is 4.54. The van der Waals surface area contributed by atoms with E-state index in [0.29, 0.717) is 12.2 Å². The molecule has 0 atom stereocenters. The molecular formula is C13H18N4O2S. The highest BCUT2D eigenvalue weighted by molar-refractivity contribution is 7.89. The Morgan fingerprint density at radius 1 is 1.30 bits per heavy atom. The maximum Gasteiger partial charge on any atom is 0.244 e. The van der Waals surface area contributed by atoms with E-state index in [1.165, 1.54) is 18.4 Å². The smallest absolute Gasteiger partial charge is 0.244 e. The predicted molar refractivity (Wildman–Crippen MR) is 78.1 cm³/mol. The normalized spacial score (nSPS) is 11.8. The highest BCUT2D eigenvalue weighted by atomic mass is 32.2. The summed E-state index contributed by atoms with van der Waals surface area (Å²) in [5.74, 6) is 0. The molecule has 0 spiro atoms. The number of hydrogen-bond acceptors (Lipinski definition) is 4. The van der Waals surface area contributed by atoms with Crippen LogP contribution in [-0.2, 0) is 16.4 Å². The minimum atomic E-state index is -3.44. The number of benzene rings is 1. The lowest BCUT2D eigenvalue weighted by molar-refractivity contribution is 0.521. The molecular weight excluding hydrogens is 276 g/mol. The first-order valence-corrected chi connectivity index (χ1v) is 7.68. The van der Waals surface area contributed by atoms with Gasteiger partial charge in [0.05, 0.1) is 12.0 Å². The van der Waals surface area contributed by atoms with Crippen LogP contribution in [0.25, 0.3) is 0 Å². The van der Waals surface area contributed by atoms with Gasteiger partial charge in [-0.3, -0.25) is 0 Å². The molecule has 0 aliphatic heterocycles. The number of rotatable bonds is 6. The number of hydrogen-bond donors (Lipinski definition) is 2. The number of sulfonamides is 1. The number of para-hydroxylation sites is 1. The topological polar surface area (TPSA) is 78.1 Å². The van der Waals surface area contributed by atoms with Gasteiger partial charge in [0.1, 0.15) is 4.90 Å². The molecule has 6 nitrogen and oxygen atoms in total. The van der Waals surface area contributed by atoms with E-state index in [4.69, 9.17) is 0 Å². The Hall–Kier alpha value is -1.86. The molecule has 0 fully saturated rings. The number of imidazole rings is 1. The Labute approximate surface area is 118 Å². The summed E-state index contributed by atoms with van der Waals surface area (Å²) in [7, 11) is -0.392. The van der Waals surface area contributed by atoms with Gasteiger partial charge in [-0.25, -0.2) is 17.7 Å². The van der Waals surface area contributed by atoms with Gasteiger partial charge in [-0.2, -0.15) is 0 Å². The molecule has 2 rings (SSSR count). The Bertz CT molecular complexity index is 651. The van der Waals surface area contributed by atoms with Crippen molar-refractivity contribution in [2.45, 2.75) is 11.3 Å². The van der Waals surface area contributed by atoms with Crippen LogP contribution >= 0.6 is 0 Å². The summed E-state index contributed by atoms with van der Waals surface area (Å²) in [6.07, 6.45) is 4.13. The highest BCUT2D eigenvalue weighted by Crippen LogP contribution is 2.22. The second kappa shape index (κ2) is 6.06. The lowest BCUT2D eigenvalue weighted by Crippen LogP contribution is -2.23. The van der Waals surface area contributed by atoms with Crippen molar-refractivity contribution in [1.82, 2.24) is 14.3 Å². The number of nitrogens with one attached hydrogen (secondary N) is 2. The van der Waals surface area contributed by atoms with Gasteiger partial charge >= 0.3 is 0 Å². The van der Waals surface area contributed by atoms with E-state index in [2.05, 4.69) is 15.3 Å². The van der Waals surface area contributed by atoms with Crippen LogP contribution in [0, 0.1) is 0 Å². The van der Waals surface area contributed by atoms with E-state index in [1.54, 1.807) is 30.7 Å². The molecule has 20 heavy (non-hydrogen) atoms. The molecule has 1 aromatic carbocycles. The quantitative estimate of drug-likeness (QED) is 0.842. The summed E-state index contributed by atoms with van der Waals surface area (Å²) in [6.45, 7) is 0.627. The molecule has 0 radical (unpaired) electrons. The van der Waals surface area contributed by atoms with Gasteiger partial charge in [0.25, 0.3) is 0 Å². The molecule has 2 aromatic rings. The Balaban J connectivity index is 2.12. The minimum Gasteiger partial charge on any atom is -0.384 e. The lowest BCUT2D eigenvalue weighted by atomic mass is 10.3. The molecule has 0 aliphatic carbocycles. The van der Waals surface area contributed by atoms with E-state index in [0.717, 1.165) is 12.1 Å². The fraction of sp³-hybridized carbons (Fsp3) is 0.308. The third-order valence-electron chi connectivity index (χ3n) is 2.91. The van der Waals surface area contributed by atoms with Crippen LogP contribution in [0.5, 0.6) is 0 Å². The first-order chi connectivity index (χ1) is 9.51. The summed E-state index contributed by atoms with van der Waals surface area (Å²) in [5.41, 5.74) is 1.62. The van der Waals surface area contributed by atoms with Crippen LogP contribution in [0.15, 0.2) is 41.7 Å². The van der Waals surface area contributed by atoms with Gasteiger partial charge in [-0.05, 0) is 12.1 Å². The third kappa shape index (κ3) is 3.17. The molecule has 0 bridgehead atoms. The average molecular weight is 294 g/mol. The van der Waals surface area contributed by atoms with Crippen LogP contribution in [-0.4, -0.2) is 43.3 Å². The molecule has 7 heteroatoms. The van der Waals surface area contributed by atoms with Gasteiger partial charge in [0.15, 0.2) is 0 Å². The van der Waals surface area contributed by atoms with E-state index in [9.17, 15) is 8.42 Å². The third-order valence-corrected chi connectivity index (χ3v) is 4.78. The predicted octanol–water partition coefficient (Wildman–Crippen LogP) is 1.31. The van der Waals surface area contributed by atoms with Crippen LogP contribution in [0.4, 0.5) is 5.69 Å². The van der Waals surface area contributed by atoms with Crippen LogP contribution in [0.3, 0.4) is 0 Å². The van der Waals surface area contributed by atoms with Crippen molar-refractivity contribution < 1.29 is 8.42 Å². The molecule has 1 heterocycles. The first kappa shape index (κ1) is 14.5. The van der Waals surface area contributed by atoms with Crippen molar-refractivity contribution in [3.8, 4) is 0 Å². The van der Waals surface area contributed by atoms with Crippen molar-refractivity contribution in [1.29, 1.82) is 0 Å². The van der Waals surface area contributed by atoms with Crippen molar-refractivity contribution in [2.75, 3.05) is 26.0 Å². The molecule has 2 N–H and O–H groups in total. The maximum atomic E-state index is 12.2. The molecule has 0 unspecified atom stereocenters. The van der Waals surface area contributed by atoms with Crippen molar-refractivity contribution >= 4 is 15.7 Å². The average Bonchev–Trinajstić information content (AvgIpc) is 2.92. The summed E-state index contributed by atoms with van der Waals surface area (Å²) >= 11 is 0. The maximum absolute atomic E-state index is 12.2. The molecule has 0 aliphatic rings. The Kier molecular flexibility index (Phi) is 4.41. The number of aromatic amines is 1. The zero-order valence-corrected chi connectivity index (χ0v) is 12.3. The molecule has 0 amide bonds. The molecule has 0 saturated heterocycles. The largest absolute Gasteiger partial charge is 0.384 e. The standard InChI is InChI=1S/C13H18N4O2S/c1-17(2)20(18,19)13-6-4-3-5-12(13)15-8-7-11-9-14-10-16-11/h3-6,9-10,15H,7-8H2,1-2H3,(H,14,16). The zero-order chi connectivity index (χ0) is 14.6. The summed E-state index contributed by atoms with van der Waals surface area (Å²) in [5, 5.41) is 3.16. The van der Waals surface area contributed by atoms with E-state index < -0.39 is 10.0 Å². The van der Waals surface area contributed by atoms with E-state index >= 15 is 0 Å². The zero-order valence-electron chi connectivity index (χ0n) is 11.5. The monoisotopic (exact) mass is 294 g/mol. The second-order valence-corrected chi connectivity index (χ2v) is 6.66. The van der Waals surface area contributed by atoms with Crippen LogP contribution in [0.2, 0.25) is 0 Å². The minimum absolute atomic E-state index is 0.287. The highest BCUT2D eigenvalue weighted by Gasteiger charge is 2.20. The van der Waals surface area contributed by atoms with E-state index in [1.807, 2.05) is 6.07 Å². The van der Waals surface area contributed by atoms with Gasteiger partial charge in [0.2, 0.25) is 10.0 Å². The van der Waals surface area contributed by atoms with Crippen LogP contribution in [0.1, 0.15) is 5.69 Å². The fourth-order valence-electron chi connectivity index (χ4n) is 1.79. The first-order valence-electron chi connectivity index (χ1n) is 6.24. The summed E-state index contributed by atoms with van der Waals surface area (Å²) in [4.78, 5) is 7.24.